The van der Waals surface area contributed by atoms with Gasteiger partial charge in [-0.1, -0.05) is 90.8 Å². The number of sulfonamides is 1. The summed E-state index contributed by atoms with van der Waals surface area (Å²) in [6.45, 7) is 2.65. The van der Waals surface area contributed by atoms with Crippen molar-refractivity contribution in [1.29, 1.82) is 0 Å². The summed E-state index contributed by atoms with van der Waals surface area (Å²) in [6.07, 6.45) is -4.22. The van der Waals surface area contributed by atoms with Gasteiger partial charge in [-0.05, 0) is 66.9 Å². The molecular weight excluding hydrogens is 686 g/mol. The average molecular weight is 721 g/mol. The smallest absolute Gasteiger partial charge is 0.352 e. The highest BCUT2D eigenvalue weighted by molar-refractivity contribution is 7.92. The predicted molar refractivity (Wildman–Crippen MR) is 181 cm³/mol. The summed E-state index contributed by atoms with van der Waals surface area (Å²) in [5, 5.41) is 2.73. The van der Waals surface area contributed by atoms with Crippen LogP contribution in [0.25, 0.3) is 0 Å². The van der Waals surface area contributed by atoms with Crippen molar-refractivity contribution in [3.8, 4) is 0 Å². The summed E-state index contributed by atoms with van der Waals surface area (Å²) >= 11 is 12.0. The molecule has 2 amide bonds. The SMILES string of the molecule is CC[C@@H](C)NC(=O)[C@H](Cc1ccccc1)N(Cc1ccc(Cl)cc1)C(=O)CN(c1ccc(Cl)c(C(F)(F)F)c1)S(=O)(=O)c1ccccc1. The second-order valence-electron chi connectivity index (χ2n) is 11.2. The summed E-state index contributed by atoms with van der Waals surface area (Å²) in [7, 11) is -4.61. The first-order valence-electron chi connectivity index (χ1n) is 15.0. The summed E-state index contributed by atoms with van der Waals surface area (Å²) in [5.41, 5.74) is -0.378. The maximum atomic E-state index is 14.5. The largest absolute Gasteiger partial charge is 0.417 e. The highest BCUT2D eigenvalue weighted by Crippen LogP contribution is 2.38. The van der Waals surface area contributed by atoms with E-state index in [1.54, 1.807) is 54.6 Å². The number of rotatable bonds is 13. The molecule has 0 heterocycles. The van der Waals surface area contributed by atoms with Crippen LogP contribution in [0.15, 0.2) is 108 Å². The average Bonchev–Trinajstić information content (AvgIpc) is 3.06. The van der Waals surface area contributed by atoms with Crippen molar-refractivity contribution in [3.05, 3.63) is 130 Å². The van der Waals surface area contributed by atoms with Gasteiger partial charge in [-0.2, -0.15) is 13.2 Å². The van der Waals surface area contributed by atoms with E-state index < -0.39 is 56.9 Å². The molecule has 0 aliphatic carbocycles. The van der Waals surface area contributed by atoms with Crippen LogP contribution in [0.5, 0.6) is 0 Å². The van der Waals surface area contributed by atoms with E-state index in [1.807, 2.05) is 19.9 Å². The molecule has 0 aromatic heterocycles. The zero-order chi connectivity index (χ0) is 35.1. The van der Waals surface area contributed by atoms with E-state index in [0.717, 1.165) is 17.7 Å². The number of carbonyl (C=O) groups is 2. The highest BCUT2D eigenvalue weighted by atomic mass is 35.5. The van der Waals surface area contributed by atoms with Gasteiger partial charge in [0.15, 0.2) is 0 Å². The molecule has 0 saturated heterocycles. The van der Waals surface area contributed by atoms with Crippen molar-refractivity contribution in [1.82, 2.24) is 10.2 Å². The molecule has 0 aliphatic heterocycles. The van der Waals surface area contributed by atoms with E-state index in [1.165, 1.54) is 29.2 Å². The molecule has 4 aromatic carbocycles. The van der Waals surface area contributed by atoms with Gasteiger partial charge in [0.05, 0.1) is 21.2 Å². The minimum absolute atomic E-state index is 0.0764. The van der Waals surface area contributed by atoms with Crippen LogP contribution in [-0.4, -0.2) is 43.8 Å². The van der Waals surface area contributed by atoms with Crippen molar-refractivity contribution in [3.63, 3.8) is 0 Å². The lowest BCUT2D eigenvalue weighted by Gasteiger charge is -2.34. The van der Waals surface area contributed by atoms with E-state index >= 15 is 0 Å². The van der Waals surface area contributed by atoms with Crippen LogP contribution in [0.3, 0.4) is 0 Å². The number of amides is 2. The topological polar surface area (TPSA) is 86.8 Å². The molecule has 4 rings (SSSR count). The molecule has 13 heteroatoms. The van der Waals surface area contributed by atoms with Crippen molar-refractivity contribution in [2.45, 2.75) is 56.4 Å². The van der Waals surface area contributed by atoms with E-state index in [2.05, 4.69) is 5.32 Å². The van der Waals surface area contributed by atoms with Gasteiger partial charge in [0.2, 0.25) is 11.8 Å². The molecule has 254 valence electrons. The standard InChI is InChI=1S/C35H34Cl2F3N3O4S/c1-3-24(2)41-34(45)32(20-25-10-6-4-7-11-25)42(22-26-14-16-27(36)17-15-26)33(44)23-43(48(46,47)29-12-8-5-9-13-29)28-18-19-31(37)30(21-28)35(38,39)40/h4-19,21,24,32H,3,20,22-23H2,1-2H3,(H,41,45)/t24-,32+/m1/s1. The molecule has 0 radical (unpaired) electrons. The maximum absolute atomic E-state index is 14.5. The van der Waals surface area contributed by atoms with Crippen LogP contribution < -0.4 is 9.62 Å². The number of benzene rings is 4. The number of alkyl halides is 3. The highest BCUT2D eigenvalue weighted by Gasteiger charge is 2.37. The monoisotopic (exact) mass is 719 g/mol. The maximum Gasteiger partial charge on any atom is 0.417 e. The number of hydrogen-bond donors (Lipinski definition) is 1. The second kappa shape index (κ2) is 15.9. The lowest BCUT2D eigenvalue weighted by Crippen LogP contribution is -2.54. The first-order chi connectivity index (χ1) is 22.7. The Bertz CT molecular complexity index is 1810. The van der Waals surface area contributed by atoms with Crippen molar-refractivity contribution in [2.75, 3.05) is 10.8 Å². The number of nitrogens with zero attached hydrogens (tertiary/aromatic N) is 2. The molecule has 4 aromatic rings. The van der Waals surface area contributed by atoms with Crippen LogP contribution in [-0.2, 0) is 38.8 Å². The van der Waals surface area contributed by atoms with Crippen LogP contribution in [0.1, 0.15) is 37.0 Å². The zero-order valence-electron chi connectivity index (χ0n) is 26.1. The summed E-state index contributed by atoms with van der Waals surface area (Å²) in [5.74, 6) is -1.30. The third-order valence-corrected chi connectivity index (χ3v) is 10.1. The van der Waals surface area contributed by atoms with Gasteiger partial charge in [-0.15, -0.1) is 0 Å². The van der Waals surface area contributed by atoms with Crippen LogP contribution in [0, 0.1) is 0 Å². The summed E-state index contributed by atoms with van der Waals surface area (Å²) in [6, 6.07) is 23.9. The Morgan fingerprint density at radius 1 is 0.854 bits per heavy atom. The Balaban J connectivity index is 1.86. The van der Waals surface area contributed by atoms with Gasteiger partial charge in [-0.25, -0.2) is 8.42 Å². The van der Waals surface area contributed by atoms with Crippen molar-refractivity contribution in [2.24, 2.45) is 0 Å². The fraction of sp³-hybridized carbons (Fsp3) is 0.257. The molecule has 48 heavy (non-hydrogen) atoms. The van der Waals surface area contributed by atoms with E-state index in [-0.39, 0.29) is 23.9 Å². The molecule has 0 saturated carbocycles. The first kappa shape index (κ1) is 36.8. The molecule has 0 bridgehead atoms. The minimum atomic E-state index is -4.91. The van der Waals surface area contributed by atoms with E-state index in [4.69, 9.17) is 23.2 Å². The van der Waals surface area contributed by atoms with E-state index in [9.17, 15) is 31.2 Å². The molecule has 2 atom stereocenters. The van der Waals surface area contributed by atoms with Gasteiger partial charge in [0, 0.05) is 24.0 Å². The normalized spacial score (nSPS) is 13.0. The summed E-state index contributed by atoms with van der Waals surface area (Å²) in [4.78, 5) is 29.4. The van der Waals surface area contributed by atoms with Crippen molar-refractivity contribution >= 4 is 50.7 Å². The second-order valence-corrected chi connectivity index (χ2v) is 13.9. The summed E-state index contributed by atoms with van der Waals surface area (Å²) < 4.78 is 70.5. The fourth-order valence-corrected chi connectivity index (χ4v) is 6.69. The molecule has 0 unspecified atom stereocenters. The Morgan fingerprint density at radius 3 is 2.04 bits per heavy atom. The minimum Gasteiger partial charge on any atom is -0.352 e. The van der Waals surface area contributed by atoms with Gasteiger partial charge in [-0.3, -0.25) is 13.9 Å². The fourth-order valence-electron chi connectivity index (χ4n) is 4.92. The van der Waals surface area contributed by atoms with Gasteiger partial charge < -0.3 is 10.2 Å². The van der Waals surface area contributed by atoms with Crippen LogP contribution in [0.2, 0.25) is 10.0 Å². The predicted octanol–water partition coefficient (Wildman–Crippen LogP) is 7.76. The molecule has 0 spiro atoms. The molecule has 7 nitrogen and oxygen atoms in total. The first-order valence-corrected chi connectivity index (χ1v) is 17.2. The number of halogens is 5. The number of anilines is 1. The lowest BCUT2D eigenvalue weighted by molar-refractivity contribution is -0.140. The van der Waals surface area contributed by atoms with Crippen LogP contribution in [0.4, 0.5) is 18.9 Å². The third kappa shape index (κ3) is 9.30. The van der Waals surface area contributed by atoms with Gasteiger partial charge >= 0.3 is 6.18 Å². The Kier molecular flexibility index (Phi) is 12.2. The number of carbonyl (C=O) groups excluding carboxylic acids is 2. The lowest BCUT2D eigenvalue weighted by atomic mass is 10.0. The number of hydrogen-bond acceptors (Lipinski definition) is 4. The molecule has 0 aliphatic rings. The molecular formula is C35H34Cl2F3N3O4S. The van der Waals surface area contributed by atoms with Gasteiger partial charge in [0.25, 0.3) is 10.0 Å². The third-order valence-electron chi connectivity index (χ3n) is 7.69. The Hall–Kier alpha value is -4.06. The van der Waals surface area contributed by atoms with Gasteiger partial charge in [0.1, 0.15) is 12.6 Å². The Labute approximate surface area is 288 Å². The zero-order valence-corrected chi connectivity index (χ0v) is 28.5. The number of nitrogens with one attached hydrogen (secondary N) is 1. The quantitative estimate of drug-likeness (QED) is 0.153. The molecule has 0 fully saturated rings. The van der Waals surface area contributed by atoms with Crippen molar-refractivity contribution < 1.29 is 31.2 Å². The molecule has 1 N–H and O–H groups in total. The van der Waals surface area contributed by atoms with Crippen LogP contribution >= 0.6 is 23.2 Å². The Morgan fingerprint density at radius 2 is 1.46 bits per heavy atom. The van der Waals surface area contributed by atoms with E-state index in [0.29, 0.717) is 27.4 Å².